The Kier molecular flexibility index (Phi) is 8.40. The predicted molar refractivity (Wildman–Crippen MR) is 97.8 cm³/mol. The highest BCUT2D eigenvalue weighted by Crippen LogP contribution is 2.46. The highest BCUT2D eigenvalue weighted by Gasteiger charge is 2.43. The van der Waals surface area contributed by atoms with Crippen LogP contribution in [0.5, 0.6) is 0 Å². The maximum Gasteiger partial charge on any atom is 0.0707 e. The van der Waals surface area contributed by atoms with Crippen LogP contribution in [0.25, 0.3) is 0 Å². The normalized spacial score (nSPS) is 35.3. The van der Waals surface area contributed by atoms with Gasteiger partial charge < -0.3 is 9.47 Å². The Morgan fingerprint density at radius 2 is 1.57 bits per heavy atom. The molecule has 2 aliphatic carbocycles. The van der Waals surface area contributed by atoms with Crippen molar-refractivity contribution in [2.24, 2.45) is 11.8 Å². The molecule has 0 atom stereocenters. The number of methoxy groups -OCH3 is 1. The van der Waals surface area contributed by atoms with Crippen molar-refractivity contribution < 1.29 is 9.47 Å². The molecule has 0 radical (unpaired) electrons. The van der Waals surface area contributed by atoms with Crippen LogP contribution in [0, 0.1) is 11.8 Å². The van der Waals surface area contributed by atoms with E-state index in [2.05, 4.69) is 13.8 Å². The Morgan fingerprint density at radius 3 is 2.13 bits per heavy atom. The van der Waals surface area contributed by atoms with E-state index in [0.717, 1.165) is 24.9 Å². The fourth-order valence-electron chi connectivity index (χ4n) is 4.96. The van der Waals surface area contributed by atoms with Crippen LogP contribution in [0.3, 0.4) is 0 Å². The molecule has 2 aliphatic rings. The summed E-state index contributed by atoms with van der Waals surface area (Å²) >= 11 is 0. The van der Waals surface area contributed by atoms with Gasteiger partial charge in [-0.25, -0.2) is 0 Å². The van der Waals surface area contributed by atoms with Gasteiger partial charge in [0, 0.05) is 13.7 Å². The van der Waals surface area contributed by atoms with Gasteiger partial charge in [-0.3, -0.25) is 0 Å². The molecule has 0 aromatic heterocycles. The van der Waals surface area contributed by atoms with Crippen LogP contribution in [-0.4, -0.2) is 25.4 Å². The number of ether oxygens (including phenoxy) is 2. The van der Waals surface area contributed by atoms with Gasteiger partial charge >= 0.3 is 0 Å². The predicted octanol–water partition coefficient (Wildman–Crippen LogP) is 6.13. The van der Waals surface area contributed by atoms with E-state index in [4.69, 9.17) is 9.47 Å². The minimum absolute atomic E-state index is 0.191. The van der Waals surface area contributed by atoms with Crippen LogP contribution < -0.4 is 0 Å². The first-order valence-electron chi connectivity index (χ1n) is 10.4. The van der Waals surface area contributed by atoms with E-state index in [0.29, 0.717) is 6.10 Å². The van der Waals surface area contributed by atoms with E-state index >= 15 is 0 Å². The fourth-order valence-corrected chi connectivity index (χ4v) is 4.96. The van der Waals surface area contributed by atoms with Gasteiger partial charge in [0.1, 0.15) is 0 Å². The molecule has 2 rings (SSSR count). The molecule has 2 nitrogen and oxygen atoms in total. The second kappa shape index (κ2) is 10.0. The summed E-state index contributed by atoms with van der Waals surface area (Å²) in [5, 5.41) is 0. The molecule has 0 amide bonds. The van der Waals surface area contributed by atoms with Crippen molar-refractivity contribution in [1.82, 2.24) is 0 Å². The van der Waals surface area contributed by atoms with E-state index in [1.807, 2.05) is 7.11 Å². The average molecular weight is 325 g/mol. The molecule has 0 heterocycles. The van der Waals surface area contributed by atoms with Crippen molar-refractivity contribution in [3.63, 3.8) is 0 Å². The third kappa shape index (κ3) is 5.46. The molecule has 0 bridgehead atoms. The van der Waals surface area contributed by atoms with Crippen molar-refractivity contribution >= 4 is 0 Å². The molecular formula is C21H40O2. The molecule has 0 aromatic carbocycles. The Hall–Kier alpha value is -0.0800. The Bertz CT molecular complexity index is 299. The van der Waals surface area contributed by atoms with Crippen LogP contribution in [0.15, 0.2) is 0 Å². The minimum atomic E-state index is 0.191. The lowest BCUT2D eigenvalue weighted by Gasteiger charge is -2.47. The van der Waals surface area contributed by atoms with E-state index in [1.54, 1.807) is 0 Å². The van der Waals surface area contributed by atoms with E-state index in [9.17, 15) is 0 Å². The summed E-state index contributed by atoms with van der Waals surface area (Å²) in [6.07, 6.45) is 17.8. The van der Waals surface area contributed by atoms with Gasteiger partial charge in [0.05, 0.1) is 11.7 Å². The Labute approximate surface area is 144 Å². The van der Waals surface area contributed by atoms with E-state index in [-0.39, 0.29) is 5.60 Å². The summed E-state index contributed by atoms with van der Waals surface area (Å²) in [5.74, 6) is 1.74. The fraction of sp³-hybridized carbons (Fsp3) is 1.00. The standard InChI is InChI=1S/C21H40O2/c1-4-6-7-8-18-13-15-21(22-3,16-14-18)19-9-11-20(12-10-19)23-17-5-2/h18-20H,4-17H2,1-3H3/t18-,19-,20-,21-. The van der Waals surface area contributed by atoms with Crippen LogP contribution in [0.4, 0.5) is 0 Å². The van der Waals surface area contributed by atoms with Crippen LogP contribution in [0.2, 0.25) is 0 Å². The van der Waals surface area contributed by atoms with Crippen molar-refractivity contribution in [3.8, 4) is 0 Å². The topological polar surface area (TPSA) is 18.5 Å². The summed E-state index contributed by atoms with van der Waals surface area (Å²) in [7, 11) is 1.97. The molecule has 0 aromatic rings. The quantitative estimate of drug-likeness (QED) is 0.475. The maximum absolute atomic E-state index is 6.17. The number of hydrogen-bond acceptors (Lipinski definition) is 2. The van der Waals surface area contributed by atoms with Crippen molar-refractivity contribution in [1.29, 1.82) is 0 Å². The first kappa shape index (κ1) is 19.2. The summed E-state index contributed by atoms with van der Waals surface area (Å²) in [4.78, 5) is 0. The van der Waals surface area contributed by atoms with Gasteiger partial charge in [-0.1, -0.05) is 39.5 Å². The lowest BCUT2D eigenvalue weighted by Crippen LogP contribution is -2.45. The zero-order chi connectivity index (χ0) is 16.5. The number of hydrogen-bond donors (Lipinski definition) is 0. The largest absolute Gasteiger partial charge is 0.378 e. The van der Waals surface area contributed by atoms with Gasteiger partial charge in [-0.2, -0.15) is 0 Å². The lowest BCUT2D eigenvalue weighted by molar-refractivity contribution is -0.113. The van der Waals surface area contributed by atoms with Gasteiger partial charge in [0.2, 0.25) is 0 Å². The Morgan fingerprint density at radius 1 is 0.870 bits per heavy atom. The molecule has 0 saturated heterocycles. The first-order valence-corrected chi connectivity index (χ1v) is 10.4. The molecule has 0 N–H and O–H groups in total. The van der Waals surface area contributed by atoms with Gasteiger partial charge in [0.25, 0.3) is 0 Å². The number of unbranched alkanes of at least 4 members (excludes halogenated alkanes) is 2. The van der Waals surface area contributed by atoms with Gasteiger partial charge in [-0.15, -0.1) is 0 Å². The van der Waals surface area contributed by atoms with Crippen molar-refractivity contribution in [2.45, 2.75) is 109 Å². The maximum atomic E-state index is 6.17. The molecular weight excluding hydrogens is 284 g/mol. The molecule has 0 aliphatic heterocycles. The van der Waals surface area contributed by atoms with Gasteiger partial charge in [-0.05, 0) is 69.6 Å². The van der Waals surface area contributed by atoms with E-state index in [1.165, 1.54) is 77.0 Å². The molecule has 23 heavy (non-hydrogen) atoms. The summed E-state index contributed by atoms with van der Waals surface area (Å²) < 4.78 is 12.1. The Balaban J connectivity index is 1.77. The van der Waals surface area contributed by atoms with Crippen molar-refractivity contribution in [3.05, 3.63) is 0 Å². The minimum Gasteiger partial charge on any atom is -0.378 e. The first-order chi connectivity index (χ1) is 11.2. The average Bonchev–Trinajstić information content (AvgIpc) is 2.61. The smallest absolute Gasteiger partial charge is 0.0707 e. The zero-order valence-electron chi connectivity index (χ0n) is 15.9. The molecule has 2 fully saturated rings. The molecule has 2 heteroatoms. The summed E-state index contributed by atoms with van der Waals surface area (Å²) in [6, 6.07) is 0. The third-order valence-electron chi connectivity index (χ3n) is 6.55. The number of rotatable bonds is 9. The highest BCUT2D eigenvalue weighted by atomic mass is 16.5. The second-order valence-corrected chi connectivity index (χ2v) is 8.05. The van der Waals surface area contributed by atoms with Crippen LogP contribution in [-0.2, 0) is 9.47 Å². The monoisotopic (exact) mass is 324 g/mol. The zero-order valence-corrected chi connectivity index (χ0v) is 15.9. The molecule has 0 spiro atoms. The molecule has 136 valence electrons. The third-order valence-corrected chi connectivity index (χ3v) is 6.55. The van der Waals surface area contributed by atoms with E-state index < -0.39 is 0 Å². The van der Waals surface area contributed by atoms with Crippen molar-refractivity contribution in [2.75, 3.05) is 13.7 Å². The van der Waals surface area contributed by atoms with Crippen LogP contribution >= 0.6 is 0 Å². The summed E-state index contributed by atoms with van der Waals surface area (Å²) in [6.45, 7) is 5.44. The SMILES string of the molecule is CCCCC[C@H]1CC[C@@](OC)([C@H]2CC[C@H](OCCC)CC2)CC1. The van der Waals surface area contributed by atoms with Gasteiger partial charge in [0.15, 0.2) is 0 Å². The molecule has 2 saturated carbocycles. The summed E-state index contributed by atoms with van der Waals surface area (Å²) in [5.41, 5.74) is 0.191. The van der Waals surface area contributed by atoms with Crippen LogP contribution in [0.1, 0.15) is 97.3 Å². The second-order valence-electron chi connectivity index (χ2n) is 8.05. The lowest BCUT2D eigenvalue weighted by atomic mass is 9.66. The molecule has 0 unspecified atom stereocenters. The highest BCUT2D eigenvalue weighted by molar-refractivity contribution is 4.95.